The molecule has 19 heteroatoms. The number of aliphatic imine (C=N–C) groups is 1. The number of halogens is 2. The summed E-state index contributed by atoms with van der Waals surface area (Å²) in [5.74, 6) is -1.10. The number of likely N-dealkylation sites (tertiary alicyclic amines) is 1. The number of β-amino-alcohol motifs (C(OH)–C–C–N with tert-alkyl or cyclic N) is 1. The Morgan fingerprint density at radius 2 is 1.68 bits per heavy atom. The number of aliphatic hydroxyl groups excluding tert-OH is 1. The lowest BCUT2D eigenvalue weighted by atomic mass is 9.85. The van der Waals surface area contributed by atoms with Gasteiger partial charge in [-0.05, 0) is 99.6 Å². The third-order valence-electron chi connectivity index (χ3n) is 13.0. The molecule has 6 aromatic rings. The number of aliphatic hydroxyl groups is 1. The van der Waals surface area contributed by atoms with Gasteiger partial charge in [0.2, 0.25) is 23.6 Å². The second-order valence-electron chi connectivity index (χ2n) is 19.7. The van der Waals surface area contributed by atoms with Gasteiger partial charge in [-0.3, -0.25) is 28.7 Å². The van der Waals surface area contributed by atoms with Crippen molar-refractivity contribution in [2.45, 2.75) is 112 Å². The van der Waals surface area contributed by atoms with Gasteiger partial charge in [0.15, 0.2) is 5.82 Å². The fourth-order valence-electron chi connectivity index (χ4n) is 9.04. The van der Waals surface area contributed by atoms with Gasteiger partial charge in [-0.25, -0.2) is 9.37 Å². The lowest BCUT2D eigenvalue weighted by Gasteiger charge is -2.35. The Bertz CT molecular complexity index is 3110. The topological polar surface area (TPSA) is 193 Å². The first-order valence-corrected chi connectivity index (χ1v) is 26.1. The molecule has 382 valence electrons. The molecule has 0 spiro atoms. The summed E-state index contributed by atoms with van der Waals surface area (Å²) in [5, 5.41) is 29.8. The molecular formula is C54H59ClFN9O6S2. The molecule has 1 fully saturated rings. The van der Waals surface area contributed by atoms with Crippen LogP contribution in [-0.2, 0) is 19.2 Å². The van der Waals surface area contributed by atoms with Crippen LogP contribution in [0.3, 0.4) is 0 Å². The van der Waals surface area contributed by atoms with Crippen molar-refractivity contribution < 1.29 is 33.4 Å². The van der Waals surface area contributed by atoms with E-state index in [0.717, 1.165) is 54.0 Å². The summed E-state index contributed by atoms with van der Waals surface area (Å²) in [4.78, 5) is 68.2. The first kappa shape index (κ1) is 52.7. The molecule has 2 aliphatic rings. The van der Waals surface area contributed by atoms with E-state index in [1.54, 1.807) is 61.9 Å². The minimum Gasteiger partial charge on any atom is -0.489 e. The van der Waals surface area contributed by atoms with Crippen LogP contribution in [-0.4, -0.2) is 96.5 Å². The average Bonchev–Trinajstić information content (AvgIpc) is 4.11. The molecule has 4 N–H and O–H groups in total. The molecule has 0 bridgehead atoms. The molecule has 2 aliphatic heterocycles. The van der Waals surface area contributed by atoms with Crippen LogP contribution >= 0.6 is 34.3 Å². The Kier molecular flexibility index (Phi) is 15.8. The summed E-state index contributed by atoms with van der Waals surface area (Å²) in [6.45, 7) is 16.9. The van der Waals surface area contributed by atoms with E-state index in [-0.39, 0.29) is 37.6 Å². The predicted molar refractivity (Wildman–Crippen MR) is 283 cm³/mol. The summed E-state index contributed by atoms with van der Waals surface area (Å²) < 4.78 is 23.1. The van der Waals surface area contributed by atoms with Crippen LogP contribution in [0, 0.1) is 38.9 Å². The van der Waals surface area contributed by atoms with E-state index in [9.17, 15) is 24.3 Å². The molecule has 3 aromatic heterocycles. The second kappa shape index (κ2) is 21.9. The Morgan fingerprint density at radius 3 is 2.37 bits per heavy atom. The number of carbonyl (C=O) groups excluding carboxylic acids is 4. The highest BCUT2D eigenvalue weighted by atomic mass is 35.5. The largest absolute Gasteiger partial charge is 0.489 e. The normalized spacial score (nSPS) is 17.8. The van der Waals surface area contributed by atoms with Gasteiger partial charge in [-0.1, -0.05) is 68.8 Å². The van der Waals surface area contributed by atoms with Crippen molar-refractivity contribution in [3.63, 3.8) is 0 Å². The van der Waals surface area contributed by atoms with Crippen LogP contribution in [0.5, 0.6) is 5.75 Å². The fraction of sp³-hybridized carbons (Fsp3) is 0.370. The van der Waals surface area contributed by atoms with Crippen molar-refractivity contribution in [3.8, 4) is 21.2 Å². The lowest BCUT2D eigenvalue weighted by Crippen LogP contribution is -2.57. The van der Waals surface area contributed by atoms with Gasteiger partial charge in [-0.2, -0.15) is 0 Å². The van der Waals surface area contributed by atoms with Gasteiger partial charge in [0.05, 0.1) is 46.9 Å². The number of rotatable bonds is 15. The number of nitrogens with zero attached hydrogens (tertiary/aromatic N) is 6. The number of benzene rings is 3. The Hall–Kier alpha value is -6.60. The van der Waals surface area contributed by atoms with E-state index < -0.39 is 65.3 Å². The lowest BCUT2D eigenvalue weighted by molar-refractivity contribution is -0.143. The monoisotopic (exact) mass is 1050 g/mol. The van der Waals surface area contributed by atoms with E-state index in [4.69, 9.17) is 21.3 Å². The van der Waals surface area contributed by atoms with Gasteiger partial charge < -0.3 is 30.7 Å². The molecule has 5 heterocycles. The van der Waals surface area contributed by atoms with Crippen LogP contribution in [0.25, 0.3) is 21.5 Å². The fourth-order valence-corrected chi connectivity index (χ4v) is 11.2. The van der Waals surface area contributed by atoms with Crippen LogP contribution in [0.2, 0.25) is 5.02 Å². The summed E-state index contributed by atoms with van der Waals surface area (Å²) in [6.07, 6.45) is 1.06. The van der Waals surface area contributed by atoms with Crippen molar-refractivity contribution in [1.82, 2.24) is 40.6 Å². The molecule has 0 saturated carbocycles. The highest BCUT2D eigenvalue weighted by Crippen LogP contribution is 2.40. The van der Waals surface area contributed by atoms with Crippen LogP contribution in [0.15, 0.2) is 83.3 Å². The quantitative estimate of drug-likeness (QED) is 0.0728. The molecule has 1 unspecified atom stereocenters. The predicted octanol–water partition coefficient (Wildman–Crippen LogP) is 8.73. The van der Waals surface area contributed by atoms with E-state index in [1.165, 1.54) is 29.2 Å². The van der Waals surface area contributed by atoms with E-state index in [1.807, 2.05) is 73.9 Å². The summed E-state index contributed by atoms with van der Waals surface area (Å²) >= 11 is 9.44. The third-order valence-corrected chi connectivity index (χ3v) is 15.4. The van der Waals surface area contributed by atoms with Crippen molar-refractivity contribution in [1.29, 1.82) is 0 Å². The number of thiophene rings is 1. The number of aromatic nitrogens is 4. The number of nitrogens with one attached hydrogen (secondary N) is 3. The summed E-state index contributed by atoms with van der Waals surface area (Å²) in [5.41, 5.74) is 7.75. The zero-order valence-corrected chi connectivity index (χ0v) is 44.5. The minimum absolute atomic E-state index is 0.0341. The molecule has 1 saturated heterocycles. The molecule has 6 atom stereocenters. The number of carbonyl (C=O) groups is 4. The molecule has 0 aliphatic carbocycles. The van der Waals surface area contributed by atoms with E-state index in [2.05, 4.69) is 45.0 Å². The summed E-state index contributed by atoms with van der Waals surface area (Å²) in [6, 6.07) is 16.2. The highest BCUT2D eigenvalue weighted by molar-refractivity contribution is 7.15. The maximum Gasteiger partial charge on any atom is 0.246 e. The maximum absolute atomic E-state index is 15.0. The standard InChI is InChI=1S/C54H59ClFN9O6S2/c1-28(25-57-45(68)24-42-50-63-62-33(6)65(50)53-46(29(2)32(5)73-53)47(60-42)36-15-17-38(55)18-16-36)71-41-21-34(20-39(56)22-41)10-19-44(67)61-49(54(7,8)9)52(70)64-26-40(66)23-43(64)51(69)59-30(3)35-11-13-37(14-12-35)48-31(4)58-27-72-48/h10-22,27-28,30,40,42-43,49,66H,23-26H2,1-9H3,(H,57,68)(H,59,69)(H,61,67)/b19-10+/t28-,30-,40+,42-,43-,49?/m0/s1. The number of aryl methyl sites for hydroxylation is 3. The Balaban J connectivity index is 0.882. The zero-order valence-electron chi connectivity index (χ0n) is 42.1. The number of hydrogen-bond donors (Lipinski definition) is 4. The Morgan fingerprint density at radius 1 is 0.973 bits per heavy atom. The molecular weight excluding hydrogens is 989 g/mol. The number of hydrogen-bond acceptors (Lipinski definition) is 12. The third kappa shape index (κ3) is 11.9. The number of ether oxygens (including phenoxy) is 1. The maximum atomic E-state index is 15.0. The molecule has 73 heavy (non-hydrogen) atoms. The highest BCUT2D eigenvalue weighted by Gasteiger charge is 2.45. The van der Waals surface area contributed by atoms with Gasteiger partial charge in [0.1, 0.15) is 46.6 Å². The molecule has 15 nitrogen and oxygen atoms in total. The smallest absolute Gasteiger partial charge is 0.246 e. The first-order chi connectivity index (χ1) is 34.6. The first-order valence-electron chi connectivity index (χ1n) is 24.0. The van der Waals surface area contributed by atoms with Crippen molar-refractivity contribution in [2.75, 3.05) is 13.1 Å². The second-order valence-corrected chi connectivity index (χ2v) is 22.2. The molecule has 3 aromatic carbocycles. The van der Waals surface area contributed by atoms with Crippen LogP contribution in [0.4, 0.5) is 4.39 Å². The zero-order chi connectivity index (χ0) is 52.5. The van der Waals surface area contributed by atoms with E-state index in [0.29, 0.717) is 22.2 Å². The van der Waals surface area contributed by atoms with Crippen molar-refractivity contribution in [3.05, 3.63) is 139 Å². The van der Waals surface area contributed by atoms with Crippen molar-refractivity contribution >= 4 is 69.7 Å². The van der Waals surface area contributed by atoms with Gasteiger partial charge in [0.25, 0.3) is 0 Å². The van der Waals surface area contributed by atoms with E-state index >= 15 is 4.39 Å². The SMILES string of the molecule is Cc1ncsc1-c1ccc([C@H](C)NC(=O)[C@@H]2C[C@@H](O)CN2C(=O)C(NC(=O)/C=C/c2cc(F)cc(O[C@@H](C)CNC(=O)C[C@@H]3N=C(c4ccc(Cl)cc4)c4c(sc(C)c4C)-n4c(C)nnc43)c2)C(C)(C)C)cc1. The minimum atomic E-state index is -1.09. The average molecular weight is 1050 g/mol. The number of amides is 4. The van der Waals surface area contributed by atoms with Crippen LogP contribution in [0.1, 0.15) is 110 Å². The van der Waals surface area contributed by atoms with Crippen LogP contribution < -0.4 is 20.7 Å². The number of fused-ring (bicyclic) bond motifs is 3. The Labute approximate surface area is 437 Å². The summed E-state index contributed by atoms with van der Waals surface area (Å²) in [7, 11) is 0. The van der Waals surface area contributed by atoms with Crippen molar-refractivity contribution in [2.24, 2.45) is 10.4 Å². The van der Waals surface area contributed by atoms with Gasteiger partial charge in [0, 0.05) is 46.1 Å². The molecule has 4 amide bonds. The number of thiazole rings is 1. The molecule has 0 radical (unpaired) electrons. The van der Waals surface area contributed by atoms with Gasteiger partial charge >= 0.3 is 0 Å². The van der Waals surface area contributed by atoms with Gasteiger partial charge in [-0.15, -0.1) is 32.9 Å². The molecule has 8 rings (SSSR count).